The van der Waals surface area contributed by atoms with E-state index in [1.165, 1.54) is 43.7 Å². The molecule has 0 aliphatic carbocycles. The number of hydrogen-bond acceptors (Lipinski definition) is 31. The number of carboxylic acid groups (broad SMARTS) is 1. The van der Waals surface area contributed by atoms with Crippen LogP contribution in [0.3, 0.4) is 0 Å². The van der Waals surface area contributed by atoms with Crippen LogP contribution in [0.2, 0.25) is 87.1 Å². The lowest BCUT2D eigenvalue weighted by atomic mass is 10.0. The van der Waals surface area contributed by atoms with Gasteiger partial charge in [0.1, 0.15) is 104 Å². The van der Waals surface area contributed by atoms with Gasteiger partial charge in [0.2, 0.25) is 29.5 Å². The van der Waals surface area contributed by atoms with E-state index in [0.717, 1.165) is 190 Å². The number of nitrogens with one attached hydrogen (secondary N) is 6. The van der Waals surface area contributed by atoms with Gasteiger partial charge in [-0.25, -0.2) is 59.4 Å². The zero-order valence-electron chi connectivity index (χ0n) is 87.8. The quantitative estimate of drug-likeness (QED) is 0.0175. The molecule has 150 heavy (non-hydrogen) atoms. The summed E-state index contributed by atoms with van der Waals surface area (Å²) in [6, 6.07) is 17.5. The van der Waals surface area contributed by atoms with Crippen LogP contribution in [0.4, 0.5) is 26.7 Å². The number of oxazole rings is 5. The van der Waals surface area contributed by atoms with Gasteiger partial charge in [0.15, 0.2) is 6.39 Å². The number of aliphatic carboxylic acids is 1. The van der Waals surface area contributed by atoms with Crippen molar-refractivity contribution < 1.29 is 70.1 Å². The molecule has 0 radical (unpaired) electrons. The molecule has 802 valence electrons. The average molecular weight is 2210 g/mol. The Kier molecular flexibility index (Phi) is 42.4. The highest BCUT2D eigenvalue weighted by Gasteiger charge is 2.33. The Morgan fingerprint density at radius 3 is 1.29 bits per heavy atom. The maximum absolute atomic E-state index is 12.7. The number of likely N-dealkylation sites (tertiary alicyclic amines) is 3. The number of anilines is 3. The molecule has 0 bridgehead atoms. The number of rotatable bonds is 27. The van der Waals surface area contributed by atoms with Gasteiger partial charge in [-0.15, -0.1) is 0 Å². The van der Waals surface area contributed by atoms with Crippen LogP contribution in [0.1, 0.15) is 106 Å². The van der Waals surface area contributed by atoms with Crippen molar-refractivity contribution in [1.82, 2.24) is 93.5 Å². The molecule has 0 spiro atoms. The summed E-state index contributed by atoms with van der Waals surface area (Å²) < 4.78 is 61.5. The van der Waals surface area contributed by atoms with E-state index in [0.29, 0.717) is 98.1 Å². The Morgan fingerprint density at radius 2 is 0.893 bits per heavy atom. The Morgan fingerprint density at radius 1 is 0.493 bits per heavy atom. The van der Waals surface area contributed by atoms with Crippen molar-refractivity contribution in [2.75, 3.05) is 88.1 Å². The van der Waals surface area contributed by atoms with Crippen LogP contribution in [-0.4, -0.2) is 249 Å². The smallest absolute Gasteiger partial charge is 0.410 e. The number of pyridine rings is 5. The number of hydrogen-bond donors (Lipinski definition) is 8. The fraction of sp³-hybridized carbons (Fsp3) is 0.462. The van der Waals surface area contributed by atoms with Crippen LogP contribution >= 0.6 is 39.1 Å². The van der Waals surface area contributed by atoms with Gasteiger partial charge in [0.05, 0.1) is 97.0 Å². The SMILES string of the molecule is CC(C)(C)OC(=O)N1CCC[C@@H](N)C1.CC(C)(C)OC(=O)N1CCC[C@@H](Nc2c(-c3ncco3)cnc3c2ccn3COCC[Si](C)(C)C)C1.C[Si](C)(C)CCOCn1ccc2c(Cl)c(-c3ncco3)cnc21.C[Si](C)(C)CCOCn1ccc2c(Cl)c(Br)cnc21.N#CCC(=O)N1CCC[C@@H](Nc2c(-c3ncco3)cnc3[nH]ccc23)C1.N#CCC(=O)O.c1coc(-c2cnc3[nH]ccc3c2N[C@@H]2CCCNC2)n1.c1cocn1. The Bertz CT molecular complexity index is 6810. The summed E-state index contributed by atoms with van der Waals surface area (Å²) in [4.78, 5) is 100. The number of fused-ring (bicyclic) bond motifs is 5. The molecule has 40 nitrogen and oxygen atoms in total. The van der Waals surface area contributed by atoms with Crippen molar-refractivity contribution in [3.63, 3.8) is 0 Å². The molecule has 19 rings (SSSR count). The van der Waals surface area contributed by atoms with Crippen LogP contribution < -0.4 is 27.0 Å². The van der Waals surface area contributed by atoms with Crippen LogP contribution in [0.15, 0.2) is 188 Å². The minimum absolute atomic E-state index is 0.0573. The Hall–Kier alpha value is -13.1. The van der Waals surface area contributed by atoms with Crippen LogP contribution in [0.25, 0.3) is 101 Å². The van der Waals surface area contributed by atoms with E-state index in [4.69, 9.17) is 90.9 Å². The molecule has 9 N–H and O–H groups in total. The van der Waals surface area contributed by atoms with E-state index in [-0.39, 0.29) is 42.6 Å². The molecule has 15 aromatic rings. The molecule has 4 atom stereocenters. The summed E-state index contributed by atoms with van der Waals surface area (Å²) in [5, 5.41) is 44.5. The Balaban J connectivity index is 0.000000159. The number of aromatic nitrogens is 15. The molecule has 0 aromatic carbocycles. The number of amides is 3. The molecule has 46 heteroatoms. The van der Waals surface area contributed by atoms with Gasteiger partial charge < -0.3 is 116 Å². The fourth-order valence-corrected chi connectivity index (χ4v) is 19.3. The van der Waals surface area contributed by atoms with Crippen molar-refractivity contribution in [1.29, 1.82) is 10.5 Å². The molecule has 15 aromatic heterocycles. The maximum atomic E-state index is 12.7. The minimum atomic E-state index is -1.15. The van der Waals surface area contributed by atoms with Crippen molar-refractivity contribution in [3.05, 3.63) is 176 Å². The van der Waals surface area contributed by atoms with Gasteiger partial charge in [-0.2, -0.15) is 10.5 Å². The summed E-state index contributed by atoms with van der Waals surface area (Å²) >= 11 is 16.1. The summed E-state index contributed by atoms with van der Waals surface area (Å²) in [5.74, 6) is 0.883. The second kappa shape index (κ2) is 55.1. The standard InChI is InChI=1S/C26H39N5O4Si.C18H18N6O2.C16H20ClN3O2Si.C15H17N5O.C13H18BrClN2OSi.C10H20N2O2.C3H3NO2.C3H3NO/c1-26(2,3)35-25(32)30-11-7-8-19(17-30)29-22-20-9-12-31(18-33-14-15-36(4,5)6)23(20)28-16-21(22)24-27-10-13-34-24;19-5-3-15(25)24-8-1-2-12(11-24)23-16-13-4-6-20-17(13)22-10-14(16)18-21-7-9-26-18;1-23(2,3)9-8-21-11-20-6-4-12-14(17)13(10-19-15(12)20)16-18-5-7-22-16;1-2-10(8-16-4-1)20-13-11-3-5-17-14(11)19-9-12(13)15-18-6-7-21-15;1-19(2,3)7-6-18-9-17-5-4-10-12(15)11(14)8-16-13(10)17;1-10(2,3)14-9(13)12-6-4-5-8(11)7-12;4-2-1-3(5)6;1-2-5-3-4-1/h9-10,12-13,16,19H,7-8,11,14-15,17-18H2,1-6H3,(H,28,29);4,6-7,9-10,12H,1-3,8,11H2,(H2,20,22,23);4-7,10H,8-9,11H2,1-3H3;3,5-7,9-10,16H,1-2,4,8H2,(H2,17,19,20);4-5,8H,6-7,9H2,1-3H3;8H,4-7,11H2,1-3H3;1H2,(H,5,6);1-3H/t19-;12-;;10-;;8-;;/m11.1.1../s1. The predicted octanol–water partition coefficient (Wildman–Crippen LogP) is 22.2. The molecular formula is C104H138BrCl2N25O15Si3. The molecule has 0 unspecified atom stereocenters. The van der Waals surface area contributed by atoms with Crippen LogP contribution in [-0.2, 0) is 53.5 Å². The highest BCUT2D eigenvalue weighted by molar-refractivity contribution is 9.10. The van der Waals surface area contributed by atoms with Gasteiger partial charge in [0, 0.05) is 203 Å². The maximum Gasteiger partial charge on any atom is 0.410 e. The summed E-state index contributed by atoms with van der Waals surface area (Å²) in [6.45, 7) is 42.1. The van der Waals surface area contributed by atoms with E-state index in [1.54, 1.807) is 83.0 Å². The third-order valence-electron chi connectivity index (χ3n) is 23.8. The molecule has 0 saturated carbocycles. The van der Waals surface area contributed by atoms with Crippen molar-refractivity contribution in [3.8, 4) is 58.0 Å². The highest BCUT2D eigenvalue weighted by Crippen LogP contribution is 2.40. The molecule has 4 saturated heterocycles. The molecule has 3 amide bonds. The van der Waals surface area contributed by atoms with Gasteiger partial charge in [-0.1, -0.05) is 82.1 Å². The second-order valence-corrected chi connectivity index (χ2v) is 60.5. The lowest BCUT2D eigenvalue weighted by Crippen LogP contribution is -2.47. The lowest BCUT2D eigenvalue weighted by Gasteiger charge is -2.35. The first-order valence-electron chi connectivity index (χ1n) is 50.1. The van der Waals surface area contributed by atoms with Gasteiger partial charge >= 0.3 is 18.2 Å². The Labute approximate surface area is 893 Å². The normalized spacial score (nSPS) is 15.8. The molecule has 19 heterocycles. The number of carboxylic acids is 1. The van der Waals surface area contributed by atoms with Gasteiger partial charge in [-0.3, -0.25) is 9.59 Å². The number of nitrogens with zero attached hydrogens (tertiary/aromatic N) is 18. The van der Waals surface area contributed by atoms with Gasteiger partial charge in [0.25, 0.3) is 0 Å². The summed E-state index contributed by atoms with van der Waals surface area (Å²) in [7, 11) is -3.24. The second-order valence-electron chi connectivity index (χ2n) is 42.0. The number of carbonyl (C=O) groups excluding carboxylic acids is 3. The number of ether oxygens (including phenoxy) is 5. The van der Waals surface area contributed by atoms with E-state index in [2.05, 4.69) is 155 Å². The molecule has 4 fully saturated rings. The predicted molar refractivity (Wildman–Crippen MR) is 590 cm³/mol. The summed E-state index contributed by atoms with van der Waals surface area (Å²) in [6.07, 6.45) is 42.5. The largest absolute Gasteiger partial charge is 0.480 e. The van der Waals surface area contributed by atoms with E-state index >= 15 is 0 Å². The fourth-order valence-electron chi connectivity index (χ4n) is 16.2. The first-order valence-corrected chi connectivity index (χ1v) is 62.8. The highest BCUT2D eigenvalue weighted by atomic mass is 79.9. The van der Waals surface area contributed by atoms with Crippen molar-refractivity contribution in [2.45, 2.75) is 238 Å². The lowest BCUT2D eigenvalue weighted by molar-refractivity contribution is -0.136. The molecule has 4 aliphatic rings. The number of nitrogens with two attached hydrogens (primary N) is 1. The zero-order chi connectivity index (χ0) is 108. The van der Waals surface area contributed by atoms with E-state index < -0.39 is 47.8 Å². The number of nitriles is 2. The zero-order valence-corrected chi connectivity index (χ0v) is 93.9. The minimum Gasteiger partial charge on any atom is -0.480 e. The monoisotopic (exact) mass is 2210 g/mol. The third kappa shape index (κ3) is 35.2. The van der Waals surface area contributed by atoms with Crippen molar-refractivity contribution in [2.24, 2.45) is 5.73 Å². The number of halogens is 3. The first-order chi connectivity index (χ1) is 71.7. The number of carbonyl (C=O) groups is 4. The average Bonchev–Trinajstić information content (AvgIpc) is 1.62. The third-order valence-corrected chi connectivity index (χ3v) is 30.6. The van der Waals surface area contributed by atoms with Gasteiger partial charge in [-0.05, 0) is 164 Å². The number of H-pyrrole nitrogens is 2. The summed E-state index contributed by atoms with van der Waals surface area (Å²) in [5.41, 5.74) is 15.0. The molecular weight excluding hydrogens is 2070 g/mol. The van der Waals surface area contributed by atoms with E-state index in [9.17, 15) is 19.2 Å². The number of aromatic amines is 2. The van der Waals surface area contributed by atoms with Crippen LogP contribution in [0.5, 0.6) is 0 Å². The topological polar surface area (TPSA) is 507 Å². The molecule has 4 aliphatic heterocycles. The van der Waals surface area contributed by atoms with Crippen molar-refractivity contribution >= 4 is 160 Å². The number of piperidine rings is 4. The van der Waals surface area contributed by atoms with E-state index in [1.807, 2.05) is 129 Å². The van der Waals surface area contributed by atoms with Crippen LogP contribution in [0, 0.1) is 22.7 Å². The first kappa shape index (κ1) is 116.